The van der Waals surface area contributed by atoms with Gasteiger partial charge in [0.2, 0.25) is 11.8 Å². The summed E-state index contributed by atoms with van der Waals surface area (Å²) in [5.74, 6) is -0.499. The Kier molecular flexibility index (Phi) is 9.17. The first-order valence-electron chi connectivity index (χ1n) is 13.9. The standard InChI is InChI=1S/C33H38N4O3/c1-5-20(3)30(34)33(40)36-28-18-12-10-15-24(28)23-14-9-11-17-27(23)35-29(38)19-26-22-13-7-8-16-25(22)32(39)37-31(26)21(4)6-2/h7-21,30-31H,5-6,34H2,1-4H3,(H,35,38)(H,36,40)(H,37,39)/t20-,21?,30-,31-/m0/s1. The predicted molar refractivity (Wildman–Crippen MR) is 162 cm³/mol. The Morgan fingerprint density at radius 3 is 1.93 bits per heavy atom. The Balaban J connectivity index is 1.67. The topological polar surface area (TPSA) is 113 Å². The van der Waals surface area contributed by atoms with Gasteiger partial charge in [0.05, 0.1) is 12.1 Å². The second-order valence-electron chi connectivity index (χ2n) is 10.5. The number of para-hydroxylation sites is 2. The van der Waals surface area contributed by atoms with Crippen molar-refractivity contribution >= 4 is 34.7 Å². The van der Waals surface area contributed by atoms with E-state index in [1.54, 1.807) is 12.1 Å². The molecule has 1 aliphatic heterocycles. The normalized spacial score (nSPS) is 17.8. The molecule has 0 saturated heterocycles. The molecule has 3 amide bonds. The second kappa shape index (κ2) is 12.7. The van der Waals surface area contributed by atoms with E-state index < -0.39 is 6.04 Å². The third-order valence-corrected chi connectivity index (χ3v) is 7.82. The Morgan fingerprint density at radius 2 is 1.35 bits per heavy atom. The molecule has 40 heavy (non-hydrogen) atoms. The molecule has 0 aliphatic carbocycles. The van der Waals surface area contributed by atoms with Crippen molar-refractivity contribution in [2.45, 2.75) is 52.6 Å². The first-order valence-corrected chi connectivity index (χ1v) is 13.9. The molecule has 0 saturated carbocycles. The molecule has 0 radical (unpaired) electrons. The number of nitrogens with two attached hydrogens (primary N) is 1. The van der Waals surface area contributed by atoms with Gasteiger partial charge in [-0.3, -0.25) is 14.4 Å². The van der Waals surface area contributed by atoms with Crippen LogP contribution in [0.15, 0.2) is 78.9 Å². The van der Waals surface area contributed by atoms with Gasteiger partial charge in [-0.1, -0.05) is 95.1 Å². The number of anilines is 2. The number of carbonyl (C=O) groups excluding carboxylic acids is 3. The summed E-state index contributed by atoms with van der Waals surface area (Å²) in [6, 6.07) is 21.4. The van der Waals surface area contributed by atoms with E-state index in [0.29, 0.717) is 16.9 Å². The van der Waals surface area contributed by atoms with Crippen molar-refractivity contribution in [1.29, 1.82) is 0 Å². The molecule has 1 aliphatic rings. The van der Waals surface area contributed by atoms with Crippen LogP contribution < -0.4 is 21.7 Å². The van der Waals surface area contributed by atoms with Crippen molar-refractivity contribution in [1.82, 2.24) is 5.32 Å². The smallest absolute Gasteiger partial charge is 0.252 e. The molecule has 0 fully saturated rings. The van der Waals surface area contributed by atoms with E-state index in [2.05, 4.69) is 29.8 Å². The summed E-state index contributed by atoms with van der Waals surface area (Å²) >= 11 is 0. The fraction of sp³-hybridized carbons (Fsp3) is 0.303. The van der Waals surface area contributed by atoms with E-state index in [1.165, 1.54) is 0 Å². The summed E-state index contributed by atoms with van der Waals surface area (Å²) in [7, 11) is 0. The summed E-state index contributed by atoms with van der Waals surface area (Å²) in [5, 5.41) is 9.11. The van der Waals surface area contributed by atoms with Crippen LogP contribution in [0.25, 0.3) is 16.7 Å². The maximum Gasteiger partial charge on any atom is 0.252 e. The first kappa shape index (κ1) is 28.8. The van der Waals surface area contributed by atoms with Gasteiger partial charge in [-0.2, -0.15) is 0 Å². The predicted octanol–water partition coefficient (Wildman–Crippen LogP) is 5.85. The number of hydrogen-bond acceptors (Lipinski definition) is 4. The molecule has 7 nitrogen and oxygen atoms in total. The fourth-order valence-corrected chi connectivity index (χ4v) is 4.94. The van der Waals surface area contributed by atoms with E-state index in [9.17, 15) is 14.4 Å². The van der Waals surface area contributed by atoms with Gasteiger partial charge in [0.15, 0.2) is 0 Å². The highest BCUT2D eigenvalue weighted by atomic mass is 16.2. The molecule has 0 spiro atoms. The van der Waals surface area contributed by atoms with Crippen LogP contribution in [-0.2, 0) is 9.59 Å². The van der Waals surface area contributed by atoms with E-state index >= 15 is 0 Å². The molecule has 5 N–H and O–H groups in total. The highest BCUT2D eigenvalue weighted by Gasteiger charge is 2.32. The molecular weight excluding hydrogens is 500 g/mol. The van der Waals surface area contributed by atoms with E-state index in [0.717, 1.165) is 35.1 Å². The number of benzene rings is 3. The summed E-state index contributed by atoms with van der Waals surface area (Å²) in [6.07, 6.45) is 3.23. The minimum absolute atomic E-state index is 0.0423. The largest absolute Gasteiger partial charge is 0.345 e. The maximum atomic E-state index is 13.5. The first-order chi connectivity index (χ1) is 19.2. The van der Waals surface area contributed by atoms with Crippen LogP contribution in [-0.4, -0.2) is 29.8 Å². The molecule has 1 unspecified atom stereocenters. The van der Waals surface area contributed by atoms with E-state index in [-0.39, 0.29) is 35.6 Å². The third-order valence-electron chi connectivity index (χ3n) is 7.82. The quantitative estimate of drug-likeness (QED) is 0.256. The van der Waals surface area contributed by atoms with Gasteiger partial charge in [0.1, 0.15) is 0 Å². The summed E-state index contributed by atoms with van der Waals surface area (Å²) in [5.41, 5.74) is 11.0. The van der Waals surface area contributed by atoms with Crippen LogP contribution in [0.5, 0.6) is 0 Å². The number of carbonyl (C=O) groups is 3. The molecule has 208 valence electrons. The molecule has 7 heteroatoms. The molecule has 3 aromatic carbocycles. The number of fused-ring (bicyclic) bond motifs is 1. The van der Waals surface area contributed by atoms with Crippen LogP contribution in [0, 0.1) is 11.8 Å². The zero-order chi connectivity index (χ0) is 28.8. The summed E-state index contributed by atoms with van der Waals surface area (Å²) in [4.78, 5) is 39.1. The molecule has 4 atom stereocenters. The number of amides is 3. The highest BCUT2D eigenvalue weighted by Crippen LogP contribution is 2.35. The molecule has 0 bridgehead atoms. The Morgan fingerprint density at radius 1 is 0.825 bits per heavy atom. The molecule has 3 aromatic rings. The van der Waals surface area contributed by atoms with Gasteiger partial charge in [-0.05, 0) is 41.2 Å². The molecule has 0 aromatic heterocycles. The summed E-state index contributed by atoms with van der Waals surface area (Å²) < 4.78 is 0. The maximum absolute atomic E-state index is 13.5. The van der Waals surface area contributed by atoms with Crippen molar-refractivity contribution in [3.05, 3.63) is 90.0 Å². The van der Waals surface area contributed by atoms with Crippen molar-refractivity contribution in [3.63, 3.8) is 0 Å². The second-order valence-corrected chi connectivity index (χ2v) is 10.5. The Hall–Kier alpha value is -4.23. The average Bonchev–Trinajstić information content (AvgIpc) is 2.97. The lowest BCUT2D eigenvalue weighted by molar-refractivity contribution is -0.118. The van der Waals surface area contributed by atoms with Crippen LogP contribution in [0.2, 0.25) is 0 Å². The monoisotopic (exact) mass is 538 g/mol. The van der Waals surface area contributed by atoms with Gasteiger partial charge < -0.3 is 21.7 Å². The van der Waals surface area contributed by atoms with Crippen LogP contribution >= 0.6 is 0 Å². The van der Waals surface area contributed by atoms with Crippen LogP contribution in [0.4, 0.5) is 11.4 Å². The van der Waals surface area contributed by atoms with E-state index in [1.807, 2.05) is 80.6 Å². The van der Waals surface area contributed by atoms with Crippen molar-refractivity contribution in [3.8, 4) is 11.1 Å². The molecule has 1 heterocycles. The third kappa shape index (κ3) is 6.15. The minimum Gasteiger partial charge on any atom is -0.345 e. The lowest BCUT2D eigenvalue weighted by atomic mass is 9.82. The molecular formula is C33H38N4O3. The Bertz CT molecular complexity index is 1430. The highest BCUT2D eigenvalue weighted by molar-refractivity contribution is 6.11. The zero-order valence-electron chi connectivity index (χ0n) is 23.5. The number of rotatable bonds is 9. The summed E-state index contributed by atoms with van der Waals surface area (Å²) in [6.45, 7) is 8.10. The fourth-order valence-electron chi connectivity index (χ4n) is 4.94. The lowest BCUT2D eigenvalue weighted by Crippen LogP contribution is -2.44. The molecule has 4 rings (SSSR count). The van der Waals surface area contributed by atoms with Crippen LogP contribution in [0.3, 0.4) is 0 Å². The zero-order valence-corrected chi connectivity index (χ0v) is 23.5. The van der Waals surface area contributed by atoms with Gasteiger partial charge in [-0.15, -0.1) is 0 Å². The average molecular weight is 539 g/mol. The van der Waals surface area contributed by atoms with Crippen molar-refractivity contribution < 1.29 is 14.4 Å². The van der Waals surface area contributed by atoms with Gasteiger partial charge in [-0.25, -0.2) is 0 Å². The SMILES string of the molecule is CCC(C)[C@@H]1NC(=O)c2ccccc2C1=CC(=O)Nc1ccccc1-c1ccccc1NC(=O)[C@@H](N)[C@@H](C)CC. The lowest BCUT2D eigenvalue weighted by Gasteiger charge is -2.32. The van der Waals surface area contributed by atoms with Gasteiger partial charge in [0, 0.05) is 34.1 Å². The van der Waals surface area contributed by atoms with Crippen molar-refractivity contribution in [2.75, 3.05) is 10.6 Å². The van der Waals surface area contributed by atoms with Crippen LogP contribution in [0.1, 0.15) is 56.5 Å². The van der Waals surface area contributed by atoms with Gasteiger partial charge >= 0.3 is 0 Å². The number of nitrogens with one attached hydrogen (secondary N) is 3. The van der Waals surface area contributed by atoms with Crippen molar-refractivity contribution in [2.24, 2.45) is 17.6 Å². The van der Waals surface area contributed by atoms with Gasteiger partial charge in [0.25, 0.3) is 5.91 Å². The van der Waals surface area contributed by atoms with E-state index in [4.69, 9.17) is 5.73 Å². The minimum atomic E-state index is -0.628. The number of hydrogen-bond donors (Lipinski definition) is 4. The Labute approximate surface area is 236 Å².